The molecule has 0 bridgehead atoms. The first kappa shape index (κ1) is 15.7. The Morgan fingerprint density at radius 2 is 2.14 bits per heavy atom. The van der Waals surface area contributed by atoms with E-state index < -0.39 is 10.0 Å². The van der Waals surface area contributed by atoms with Gasteiger partial charge in [0.15, 0.2) is 5.65 Å². The highest BCUT2D eigenvalue weighted by molar-refractivity contribution is 7.89. The predicted octanol–water partition coefficient (Wildman–Crippen LogP) is 0.977. The second-order valence-electron chi connectivity index (χ2n) is 5.51. The molecule has 21 heavy (non-hydrogen) atoms. The lowest BCUT2D eigenvalue weighted by atomic mass is 9.99. The van der Waals surface area contributed by atoms with Crippen molar-refractivity contribution >= 4 is 15.7 Å². The Morgan fingerprint density at radius 1 is 1.43 bits per heavy atom. The fraction of sp³-hybridized carbons (Fsp3) is 0.538. The Hall–Kier alpha value is -1.67. The van der Waals surface area contributed by atoms with Crippen molar-refractivity contribution in [3.63, 3.8) is 0 Å². The zero-order chi connectivity index (χ0) is 15.6. The highest BCUT2D eigenvalue weighted by Gasteiger charge is 2.21. The molecule has 0 aliphatic rings. The third-order valence-electron chi connectivity index (χ3n) is 3.35. The number of primary sulfonamides is 1. The van der Waals surface area contributed by atoms with Gasteiger partial charge in [0.05, 0.1) is 12.4 Å². The molecule has 0 aliphatic carbocycles. The van der Waals surface area contributed by atoms with Gasteiger partial charge in [-0.25, -0.2) is 23.1 Å². The van der Waals surface area contributed by atoms with Gasteiger partial charge in [0.1, 0.15) is 0 Å². The number of rotatable bonds is 6. The first-order chi connectivity index (χ1) is 9.76. The Balaban J connectivity index is 2.13. The lowest BCUT2D eigenvalue weighted by Crippen LogP contribution is -2.30. The number of hydrogen-bond acceptors (Lipinski definition) is 5. The number of nitrogens with zero attached hydrogens (tertiary/aromatic N) is 3. The molecule has 0 radical (unpaired) electrons. The summed E-state index contributed by atoms with van der Waals surface area (Å²) in [5.74, 6) is 0.331. The highest BCUT2D eigenvalue weighted by Crippen LogP contribution is 2.19. The monoisotopic (exact) mass is 312 g/mol. The molecule has 0 saturated carbocycles. The quantitative estimate of drug-likeness (QED) is 0.857. The molecule has 2 aromatic heterocycles. The van der Waals surface area contributed by atoms with Crippen LogP contribution in [0.4, 0.5) is 0 Å². The lowest BCUT2D eigenvalue weighted by molar-refractivity contribution is 0.214. The van der Waals surface area contributed by atoms with Crippen molar-refractivity contribution in [2.45, 2.75) is 20.8 Å². The highest BCUT2D eigenvalue weighted by atomic mass is 32.2. The average molecular weight is 312 g/mol. The molecule has 0 saturated heterocycles. The molecule has 1 atom stereocenters. The molecular weight excluding hydrogens is 292 g/mol. The number of hydrogen-bond donors (Lipinski definition) is 1. The van der Waals surface area contributed by atoms with Gasteiger partial charge in [-0.05, 0) is 18.9 Å². The van der Waals surface area contributed by atoms with Crippen molar-refractivity contribution in [2.75, 3.05) is 12.4 Å². The van der Waals surface area contributed by atoms with Gasteiger partial charge < -0.3 is 4.74 Å². The average Bonchev–Trinajstić information content (AvgIpc) is 2.79. The minimum absolute atomic E-state index is 0.100. The van der Waals surface area contributed by atoms with Crippen LogP contribution in [-0.4, -0.2) is 35.4 Å². The van der Waals surface area contributed by atoms with Crippen LogP contribution in [0.25, 0.3) is 5.65 Å². The Kier molecular flexibility index (Phi) is 4.48. The van der Waals surface area contributed by atoms with Crippen LogP contribution in [-0.2, 0) is 10.0 Å². The second-order valence-corrected chi connectivity index (χ2v) is 7.17. The molecule has 2 aromatic rings. The molecule has 0 amide bonds. The SMILES string of the molecule is Cc1cc2nccn2nc1OCC(CS(N)(=O)=O)C(C)C. The summed E-state index contributed by atoms with van der Waals surface area (Å²) in [7, 11) is -3.52. The summed E-state index contributed by atoms with van der Waals surface area (Å²) in [4.78, 5) is 4.14. The summed E-state index contributed by atoms with van der Waals surface area (Å²) < 4.78 is 29.8. The van der Waals surface area contributed by atoms with Gasteiger partial charge in [0.25, 0.3) is 0 Å². The summed E-state index contributed by atoms with van der Waals surface area (Å²) in [6.45, 7) is 6.01. The van der Waals surface area contributed by atoms with Crippen LogP contribution in [0.5, 0.6) is 5.88 Å². The Morgan fingerprint density at radius 3 is 2.76 bits per heavy atom. The molecule has 0 fully saturated rings. The van der Waals surface area contributed by atoms with Crippen molar-refractivity contribution in [2.24, 2.45) is 17.0 Å². The molecule has 2 heterocycles. The number of nitrogens with two attached hydrogens (primary N) is 1. The van der Waals surface area contributed by atoms with E-state index in [1.165, 1.54) is 0 Å². The number of aromatic nitrogens is 3. The van der Waals surface area contributed by atoms with Crippen LogP contribution in [0.3, 0.4) is 0 Å². The van der Waals surface area contributed by atoms with Crippen LogP contribution in [0, 0.1) is 18.8 Å². The maximum absolute atomic E-state index is 11.3. The number of fused-ring (bicyclic) bond motifs is 1. The van der Waals surface area contributed by atoms with Crippen LogP contribution < -0.4 is 9.88 Å². The van der Waals surface area contributed by atoms with Crippen LogP contribution >= 0.6 is 0 Å². The topological polar surface area (TPSA) is 99.6 Å². The number of aryl methyl sites for hydroxylation is 1. The smallest absolute Gasteiger partial charge is 0.234 e. The summed E-state index contributed by atoms with van der Waals surface area (Å²) in [5.41, 5.74) is 1.59. The fourth-order valence-corrected chi connectivity index (χ4v) is 3.07. The molecule has 2 rings (SSSR count). The van der Waals surface area contributed by atoms with Gasteiger partial charge in [-0.3, -0.25) is 0 Å². The number of sulfonamides is 1. The van der Waals surface area contributed by atoms with Gasteiger partial charge in [-0.1, -0.05) is 13.8 Å². The zero-order valence-corrected chi connectivity index (χ0v) is 13.2. The van der Waals surface area contributed by atoms with Crippen molar-refractivity contribution in [1.82, 2.24) is 14.6 Å². The normalized spacial score (nSPS) is 13.8. The van der Waals surface area contributed by atoms with E-state index in [1.54, 1.807) is 16.9 Å². The van der Waals surface area contributed by atoms with Gasteiger partial charge in [0, 0.05) is 23.9 Å². The maximum Gasteiger partial charge on any atom is 0.234 e. The van der Waals surface area contributed by atoms with E-state index in [9.17, 15) is 8.42 Å². The van der Waals surface area contributed by atoms with E-state index >= 15 is 0 Å². The lowest BCUT2D eigenvalue weighted by Gasteiger charge is -2.20. The zero-order valence-electron chi connectivity index (χ0n) is 12.4. The molecule has 1 unspecified atom stereocenters. The van der Waals surface area contributed by atoms with E-state index in [2.05, 4.69) is 10.1 Å². The van der Waals surface area contributed by atoms with Crippen molar-refractivity contribution in [3.05, 3.63) is 24.0 Å². The maximum atomic E-state index is 11.3. The van der Waals surface area contributed by atoms with Gasteiger partial charge in [-0.15, -0.1) is 5.10 Å². The van der Waals surface area contributed by atoms with Crippen LogP contribution in [0.15, 0.2) is 18.5 Å². The van der Waals surface area contributed by atoms with Crippen molar-refractivity contribution < 1.29 is 13.2 Å². The van der Waals surface area contributed by atoms with E-state index in [1.807, 2.05) is 26.8 Å². The second kappa shape index (κ2) is 5.98. The fourth-order valence-electron chi connectivity index (χ4n) is 1.99. The first-order valence-corrected chi connectivity index (χ1v) is 8.42. The Labute approximate surface area is 124 Å². The van der Waals surface area contributed by atoms with E-state index in [4.69, 9.17) is 9.88 Å². The van der Waals surface area contributed by atoms with Gasteiger partial charge in [-0.2, -0.15) is 0 Å². The largest absolute Gasteiger partial charge is 0.476 e. The van der Waals surface area contributed by atoms with Crippen LogP contribution in [0.1, 0.15) is 19.4 Å². The minimum Gasteiger partial charge on any atom is -0.476 e. The van der Waals surface area contributed by atoms with E-state index in [0.717, 1.165) is 11.2 Å². The molecule has 8 heteroatoms. The van der Waals surface area contributed by atoms with E-state index in [-0.39, 0.29) is 24.2 Å². The molecule has 0 aromatic carbocycles. The summed E-state index contributed by atoms with van der Waals surface area (Å²) in [6.07, 6.45) is 3.38. The van der Waals surface area contributed by atoms with Gasteiger partial charge in [0.2, 0.25) is 15.9 Å². The third-order valence-corrected chi connectivity index (χ3v) is 4.25. The molecule has 116 valence electrons. The standard InChI is InChI=1S/C13H20N4O3S/c1-9(2)11(8-21(14,18)19)7-20-13-10(3)6-12-15-4-5-17(12)16-13/h4-6,9,11H,7-8H2,1-3H3,(H2,14,18,19). The van der Waals surface area contributed by atoms with Gasteiger partial charge >= 0.3 is 0 Å². The molecular formula is C13H20N4O3S. The summed E-state index contributed by atoms with van der Waals surface area (Å²) in [5, 5.41) is 9.44. The minimum atomic E-state index is -3.52. The van der Waals surface area contributed by atoms with Crippen molar-refractivity contribution in [3.8, 4) is 5.88 Å². The first-order valence-electron chi connectivity index (χ1n) is 6.70. The molecule has 0 aliphatic heterocycles. The summed E-state index contributed by atoms with van der Waals surface area (Å²) >= 11 is 0. The third kappa shape index (κ3) is 4.15. The van der Waals surface area contributed by atoms with Crippen LogP contribution in [0.2, 0.25) is 0 Å². The van der Waals surface area contributed by atoms with E-state index in [0.29, 0.717) is 5.88 Å². The predicted molar refractivity (Wildman–Crippen MR) is 79.5 cm³/mol. The number of ether oxygens (including phenoxy) is 1. The Bertz CT molecular complexity index is 724. The molecule has 7 nitrogen and oxygen atoms in total. The number of imidazole rings is 1. The molecule has 0 spiro atoms. The van der Waals surface area contributed by atoms with Crippen molar-refractivity contribution in [1.29, 1.82) is 0 Å². The molecule has 2 N–H and O–H groups in total. The summed E-state index contributed by atoms with van der Waals surface area (Å²) in [6, 6.07) is 1.87.